The van der Waals surface area contributed by atoms with Crippen LogP contribution in [0.2, 0.25) is 0 Å². The number of rotatable bonds is 4. The molecule has 24 heavy (non-hydrogen) atoms. The monoisotopic (exact) mass is 345 g/mol. The zero-order valence-corrected chi connectivity index (χ0v) is 14.1. The normalized spacial score (nSPS) is 20.2. The molecule has 0 bridgehead atoms. The van der Waals surface area contributed by atoms with Crippen molar-refractivity contribution in [2.45, 2.75) is 38.6 Å². The molecule has 0 spiro atoms. The Balaban J connectivity index is 1.38. The van der Waals surface area contributed by atoms with Crippen molar-refractivity contribution in [3.05, 3.63) is 34.7 Å². The van der Waals surface area contributed by atoms with Gasteiger partial charge in [0, 0.05) is 17.8 Å². The summed E-state index contributed by atoms with van der Waals surface area (Å²) in [5.41, 5.74) is 1.13. The van der Waals surface area contributed by atoms with E-state index in [9.17, 15) is 9.59 Å². The van der Waals surface area contributed by atoms with Gasteiger partial charge < -0.3 is 14.6 Å². The Hall–Kier alpha value is -2.15. The van der Waals surface area contributed by atoms with Crippen LogP contribution in [0.15, 0.2) is 22.8 Å². The maximum Gasteiger partial charge on any atom is 0.231 e. The fourth-order valence-electron chi connectivity index (χ4n) is 3.30. The van der Waals surface area contributed by atoms with Crippen molar-refractivity contribution < 1.29 is 14.0 Å². The van der Waals surface area contributed by atoms with Crippen molar-refractivity contribution in [1.82, 2.24) is 9.88 Å². The lowest BCUT2D eigenvalue weighted by Gasteiger charge is -2.14. The molecule has 3 heterocycles. The van der Waals surface area contributed by atoms with Gasteiger partial charge in [0.25, 0.3) is 0 Å². The highest BCUT2D eigenvalue weighted by atomic mass is 32.1. The van der Waals surface area contributed by atoms with E-state index in [-0.39, 0.29) is 24.2 Å². The number of furan rings is 1. The molecule has 126 valence electrons. The highest BCUT2D eigenvalue weighted by Gasteiger charge is 2.35. The first-order valence-electron chi connectivity index (χ1n) is 8.28. The van der Waals surface area contributed by atoms with Gasteiger partial charge in [-0.25, -0.2) is 4.98 Å². The van der Waals surface area contributed by atoms with Crippen molar-refractivity contribution in [2.75, 3.05) is 11.9 Å². The predicted octanol–water partition coefficient (Wildman–Crippen LogP) is 2.60. The number of nitrogens with zero attached hydrogens (tertiary/aromatic N) is 2. The lowest BCUT2D eigenvalue weighted by molar-refractivity contribution is -0.128. The average Bonchev–Trinajstić information content (AvgIpc) is 3.28. The molecule has 1 saturated heterocycles. The summed E-state index contributed by atoms with van der Waals surface area (Å²) in [6.45, 7) is 0.845. The van der Waals surface area contributed by atoms with Crippen molar-refractivity contribution in [2.24, 2.45) is 5.92 Å². The summed E-state index contributed by atoms with van der Waals surface area (Å²) < 4.78 is 5.28. The smallest absolute Gasteiger partial charge is 0.231 e. The number of anilines is 1. The molecule has 0 saturated carbocycles. The molecular weight excluding hydrogens is 326 g/mol. The van der Waals surface area contributed by atoms with Crippen molar-refractivity contribution in [3.63, 3.8) is 0 Å². The topological polar surface area (TPSA) is 75.4 Å². The summed E-state index contributed by atoms with van der Waals surface area (Å²) in [7, 11) is 0. The summed E-state index contributed by atoms with van der Waals surface area (Å²) in [4.78, 5) is 32.1. The van der Waals surface area contributed by atoms with Gasteiger partial charge in [-0.3, -0.25) is 9.59 Å². The number of aryl methyl sites for hydroxylation is 2. The van der Waals surface area contributed by atoms with Gasteiger partial charge in [0.15, 0.2) is 5.13 Å². The number of nitrogens with one attached hydrogen (secondary N) is 1. The number of aromatic nitrogens is 1. The Morgan fingerprint density at radius 3 is 3.08 bits per heavy atom. The van der Waals surface area contributed by atoms with E-state index in [0.717, 1.165) is 24.3 Å². The van der Waals surface area contributed by atoms with Crippen LogP contribution < -0.4 is 5.32 Å². The number of thiazole rings is 1. The molecule has 7 heteroatoms. The van der Waals surface area contributed by atoms with Crippen LogP contribution in [0.3, 0.4) is 0 Å². The highest BCUT2D eigenvalue weighted by Crippen LogP contribution is 2.30. The van der Waals surface area contributed by atoms with Crippen LogP contribution in [0, 0.1) is 5.92 Å². The summed E-state index contributed by atoms with van der Waals surface area (Å²) in [5.74, 6) is 0.284. The zero-order chi connectivity index (χ0) is 16.5. The number of likely N-dealkylation sites (tertiary alicyclic amines) is 1. The fraction of sp³-hybridized carbons (Fsp3) is 0.471. The molecule has 1 atom stereocenters. The summed E-state index contributed by atoms with van der Waals surface area (Å²) in [6.07, 6.45) is 6.26. The molecule has 1 aliphatic carbocycles. The summed E-state index contributed by atoms with van der Waals surface area (Å²) in [5, 5.41) is 3.58. The van der Waals surface area contributed by atoms with E-state index in [1.807, 2.05) is 6.07 Å². The molecule has 4 rings (SSSR count). The second-order valence-corrected chi connectivity index (χ2v) is 7.42. The molecule has 2 amide bonds. The summed E-state index contributed by atoms with van der Waals surface area (Å²) in [6, 6.07) is 3.63. The Bertz CT molecular complexity index is 730. The molecular formula is C17H19N3O3S. The lowest BCUT2D eigenvalue weighted by atomic mass is 10.0. The van der Waals surface area contributed by atoms with Gasteiger partial charge in [0.2, 0.25) is 11.8 Å². The van der Waals surface area contributed by atoms with Crippen LogP contribution in [0.4, 0.5) is 5.13 Å². The quantitative estimate of drug-likeness (QED) is 0.924. The number of carbonyl (C=O) groups is 2. The van der Waals surface area contributed by atoms with E-state index in [4.69, 9.17) is 4.42 Å². The van der Waals surface area contributed by atoms with E-state index in [1.54, 1.807) is 28.6 Å². The van der Waals surface area contributed by atoms with Crippen LogP contribution in [-0.4, -0.2) is 28.2 Å². The van der Waals surface area contributed by atoms with Gasteiger partial charge in [-0.15, -0.1) is 11.3 Å². The molecule has 1 N–H and O–H groups in total. The molecule has 1 aliphatic heterocycles. The largest absolute Gasteiger partial charge is 0.467 e. The van der Waals surface area contributed by atoms with Gasteiger partial charge >= 0.3 is 0 Å². The Morgan fingerprint density at radius 1 is 1.42 bits per heavy atom. The van der Waals surface area contributed by atoms with E-state index in [2.05, 4.69) is 10.3 Å². The molecule has 1 unspecified atom stereocenters. The average molecular weight is 345 g/mol. The number of amides is 2. The van der Waals surface area contributed by atoms with Crippen molar-refractivity contribution in [1.29, 1.82) is 0 Å². The molecule has 0 radical (unpaired) electrons. The zero-order valence-electron chi connectivity index (χ0n) is 13.3. The number of hydrogen-bond donors (Lipinski definition) is 1. The first-order valence-corrected chi connectivity index (χ1v) is 9.10. The van der Waals surface area contributed by atoms with E-state index in [1.165, 1.54) is 17.7 Å². The van der Waals surface area contributed by atoms with Gasteiger partial charge in [-0.1, -0.05) is 0 Å². The molecule has 2 aliphatic rings. The molecule has 2 aromatic heterocycles. The third-order valence-electron chi connectivity index (χ3n) is 4.59. The fourth-order valence-corrected chi connectivity index (χ4v) is 4.36. The van der Waals surface area contributed by atoms with E-state index < -0.39 is 0 Å². The van der Waals surface area contributed by atoms with Crippen LogP contribution in [0.25, 0.3) is 0 Å². The number of hydrogen-bond acceptors (Lipinski definition) is 5. The highest BCUT2D eigenvalue weighted by molar-refractivity contribution is 7.15. The minimum absolute atomic E-state index is 0.00927. The summed E-state index contributed by atoms with van der Waals surface area (Å²) >= 11 is 1.57. The Labute approximate surface area is 143 Å². The number of fused-ring (bicyclic) bond motifs is 1. The SMILES string of the molecule is O=C(Nc1nc2c(s1)CCCC2)C1CC(=O)N(Cc2ccco2)C1. The van der Waals surface area contributed by atoms with Gasteiger partial charge in [0.05, 0.1) is 24.4 Å². The minimum atomic E-state index is -0.326. The lowest BCUT2D eigenvalue weighted by Crippen LogP contribution is -2.27. The molecule has 2 aromatic rings. The van der Waals surface area contributed by atoms with Crippen LogP contribution in [-0.2, 0) is 29.0 Å². The first-order chi connectivity index (χ1) is 11.7. The Kier molecular flexibility index (Phi) is 4.10. The second kappa shape index (κ2) is 6.39. The van der Waals surface area contributed by atoms with Crippen LogP contribution in [0.1, 0.15) is 35.6 Å². The van der Waals surface area contributed by atoms with Crippen molar-refractivity contribution in [3.8, 4) is 0 Å². The molecule has 6 nitrogen and oxygen atoms in total. The molecule has 1 fully saturated rings. The maximum atomic E-state index is 12.5. The second-order valence-electron chi connectivity index (χ2n) is 6.34. The standard InChI is InChI=1S/C17H19N3O3S/c21-15-8-11(9-20(15)10-12-4-3-7-23-12)16(22)19-17-18-13-5-1-2-6-14(13)24-17/h3-4,7,11H,1-2,5-6,8-10H2,(H,18,19,22). The van der Waals surface area contributed by atoms with E-state index in [0.29, 0.717) is 18.2 Å². The number of carbonyl (C=O) groups excluding carboxylic acids is 2. The molecule has 0 aromatic carbocycles. The maximum absolute atomic E-state index is 12.5. The van der Waals surface area contributed by atoms with Gasteiger partial charge in [-0.2, -0.15) is 0 Å². The Morgan fingerprint density at radius 2 is 2.29 bits per heavy atom. The third kappa shape index (κ3) is 3.08. The van der Waals surface area contributed by atoms with Crippen molar-refractivity contribution >= 4 is 28.3 Å². The van der Waals surface area contributed by atoms with Crippen LogP contribution >= 0.6 is 11.3 Å². The van der Waals surface area contributed by atoms with Gasteiger partial charge in [0.1, 0.15) is 5.76 Å². The predicted molar refractivity (Wildman–Crippen MR) is 89.6 cm³/mol. The third-order valence-corrected chi connectivity index (χ3v) is 5.66. The first kappa shape index (κ1) is 15.4. The minimum Gasteiger partial charge on any atom is -0.467 e. The van der Waals surface area contributed by atoms with E-state index >= 15 is 0 Å². The van der Waals surface area contributed by atoms with Crippen LogP contribution in [0.5, 0.6) is 0 Å². The van der Waals surface area contributed by atoms with Gasteiger partial charge in [-0.05, 0) is 37.8 Å².